The van der Waals surface area contributed by atoms with Crippen molar-refractivity contribution >= 4 is 68.1 Å². The molecule has 3 amide bonds. The Morgan fingerprint density at radius 3 is 2.18 bits per heavy atom. The zero-order valence-electron chi connectivity index (χ0n) is 35.4. The Labute approximate surface area is 369 Å². The fraction of sp³-hybridized carbons (Fsp3) is 0.326. The van der Waals surface area contributed by atoms with Crippen molar-refractivity contribution in [3.63, 3.8) is 0 Å². The van der Waals surface area contributed by atoms with Gasteiger partial charge >= 0.3 is 21.7 Å². The molecule has 16 nitrogen and oxygen atoms in total. The number of rotatable bonds is 17. The third-order valence-corrected chi connectivity index (χ3v) is 12.6. The minimum Gasteiger partial charge on any atom is -0.497 e. The number of carbonyl (C=O) groups excluding carboxylic acids is 2. The Morgan fingerprint density at radius 2 is 1.60 bits per heavy atom. The maximum absolute atomic E-state index is 14.2. The van der Waals surface area contributed by atoms with Gasteiger partial charge < -0.3 is 24.7 Å². The lowest BCUT2D eigenvalue weighted by Gasteiger charge is -2.31. The number of nitro benzene ring substituents is 1. The van der Waals surface area contributed by atoms with E-state index in [1.165, 1.54) is 43.5 Å². The maximum atomic E-state index is 14.2. The van der Waals surface area contributed by atoms with Gasteiger partial charge in [-0.2, -0.15) is 8.42 Å². The highest BCUT2D eigenvalue weighted by atomic mass is 35.5. The van der Waals surface area contributed by atoms with Crippen LogP contribution in [0.25, 0.3) is 5.69 Å². The predicted octanol–water partition coefficient (Wildman–Crippen LogP) is 9.55. The summed E-state index contributed by atoms with van der Waals surface area (Å²) in [7, 11) is -3.66. The third kappa shape index (κ3) is 9.85. The second-order valence-corrected chi connectivity index (χ2v) is 17.9. The van der Waals surface area contributed by atoms with Crippen LogP contribution in [0, 0.1) is 10.1 Å². The molecule has 4 aromatic carbocycles. The van der Waals surface area contributed by atoms with E-state index in [9.17, 15) is 32.9 Å². The Balaban J connectivity index is 1.57. The van der Waals surface area contributed by atoms with Crippen LogP contribution < -0.4 is 35.2 Å². The molecule has 1 unspecified atom stereocenters. The number of ether oxygens (including phenoxy) is 2. The van der Waals surface area contributed by atoms with Crippen LogP contribution in [0.3, 0.4) is 0 Å². The summed E-state index contributed by atoms with van der Waals surface area (Å²) in [6.07, 6.45) is 1.07. The number of hydrogen-bond acceptors (Lipinski definition) is 10. The Morgan fingerprint density at radius 1 is 0.952 bits per heavy atom. The summed E-state index contributed by atoms with van der Waals surface area (Å²) in [6, 6.07) is 17.2. The number of carbonyl (C=O) groups is 2. The van der Waals surface area contributed by atoms with Gasteiger partial charge in [0.2, 0.25) is 0 Å². The van der Waals surface area contributed by atoms with Crippen molar-refractivity contribution in [3.8, 4) is 22.9 Å². The van der Waals surface area contributed by atoms with Crippen molar-refractivity contribution in [3.05, 3.63) is 121 Å². The molecule has 0 fully saturated rings. The van der Waals surface area contributed by atoms with Crippen LogP contribution in [0.15, 0.2) is 88.6 Å². The molecule has 0 saturated heterocycles. The number of nitrogens with one attached hydrogen (secondary N) is 2. The van der Waals surface area contributed by atoms with Crippen molar-refractivity contribution in [2.24, 2.45) is 5.73 Å². The minimum absolute atomic E-state index is 0.0664. The summed E-state index contributed by atoms with van der Waals surface area (Å²) in [5.41, 5.74) is 5.80. The van der Waals surface area contributed by atoms with Crippen LogP contribution in [-0.2, 0) is 25.7 Å². The third-order valence-electron chi connectivity index (χ3n) is 10.8. The number of halogens is 2. The Kier molecular flexibility index (Phi) is 14.0. The number of H-pyrrole nitrogens is 1. The highest BCUT2D eigenvalue weighted by Crippen LogP contribution is 2.40. The molecule has 0 radical (unpaired) electrons. The molecule has 0 spiro atoms. The molecule has 19 heteroatoms. The number of nitrogens with two attached hydrogens (primary N) is 1. The van der Waals surface area contributed by atoms with Crippen molar-refractivity contribution in [1.82, 2.24) is 9.78 Å². The molecule has 0 aliphatic heterocycles. The lowest BCUT2D eigenvalue weighted by molar-refractivity contribution is -0.385. The topological polar surface area (TPSA) is 218 Å². The zero-order valence-corrected chi connectivity index (χ0v) is 37.7. The fourth-order valence-electron chi connectivity index (χ4n) is 6.34. The SMILES string of the molecule is CCC(Oc1ccc(C(C)(C)CC)cc1C(C)(C)CC)C(=O)Nc1cccc(N(C(N)=O)c2[nH]n(-c3c(Cl)cc(OC)cc3Cl)c(=O)c2OS(=O)(=O)c2cccc([N+](=O)[O-])c2)c1. The van der Waals surface area contributed by atoms with E-state index >= 15 is 0 Å². The molecule has 0 aliphatic carbocycles. The quantitative estimate of drug-likeness (QED) is 0.0456. The van der Waals surface area contributed by atoms with E-state index in [4.69, 9.17) is 42.6 Å². The van der Waals surface area contributed by atoms with Crippen LogP contribution in [0.2, 0.25) is 10.0 Å². The standard InChI is InChI=1S/C43H48Cl2N6O10S/c1-9-34(60-35-19-18-25(42(4,5)10-2)20-31(35)43(6,7)11-3)39(52)47-26-14-12-15-27(21-26)49(41(46)54)38-37(61-62(57,58)30-17-13-16-28(22-30)51(55)56)40(53)50(48-38)36-32(44)23-29(59-8)24-33(36)45/h12-24,34,48H,9-11H2,1-8H3,(H2,46,54)(H,47,52). The number of methoxy groups -OCH3 is 1. The lowest BCUT2D eigenvalue weighted by atomic mass is 9.76. The smallest absolute Gasteiger partial charge is 0.339 e. The zero-order chi connectivity index (χ0) is 45.9. The van der Waals surface area contributed by atoms with E-state index < -0.39 is 60.8 Å². The first-order chi connectivity index (χ1) is 29.1. The number of benzene rings is 4. The number of aromatic nitrogens is 2. The highest BCUT2D eigenvalue weighted by Gasteiger charge is 2.33. The molecule has 0 saturated carbocycles. The molecule has 62 heavy (non-hydrogen) atoms. The predicted molar refractivity (Wildman–Crippen MR) is 238 cm³/mol. The van der Waals surface area contributed by atoms with Crippen LogP contribution >= 0.6 is 23.2 Å². The van der Waals surface area contributed by atoms with E-state index in [0.717, 1.165) is 57.8 Å². The van der Waals surface area contributed by atoms with Gasteiger partial charge in [0.15, 0.2) is 11.9 Å². The number of non-ortho nitro benzene ring substituents is 1. The molecule has 1 aromatic heterocycles. The number of hydrogen-bond donors (Lipinski definition) is 3. The van der Waals surface area contributed by atoms with Gasteiger partial charge in [0.25, 0.3) is 17.3 Å². The molecule has 1 heterocycles. The summed E-state index contributed by atoms with van der Waals surface area (Å²) in [4.78, 5) is 52.2. The average Bonchev–Trinajstić information content (AvgIpc) is 3.52. The average molecular weight is 912 g/mol. The van der Waals surface area contributed by atoms with Gasteiger partial charge in [0.1, 0.15) is 22.1 Å². The van der Waals surface area contributed by atoms with Gasteiger partial charge in [-0.3, -0.25) is 24.8 Å². The summed E-state index contributed by atoms with van der Waals surface area (Å²) < 4.78 is 45.1. The molecule has 330 valence electrons. The molecule has 1 atom stereocenters. The highest BCUT2D eigenvalue weighted by molar-refractivity contribution is 7.87. The van der Waals surface area contributed by atoms with Crippen LogP contribution in [0.4, 0.5) is 27.7 Å². The molecular weight excluding hydrogens is 863 g/mol. The summed E-state index contributed by atoms with van der Waals surface area (Å²) >= 11 is 13.0. The van der Waals surface area contributed by atoms with Gasteiger partial charge in [-0.15, -0.1) is 0 Å². The van der Waals surface area contributed by atoms with Gasteiger partial charge in [-0.1, -0.05) is 95.9 Å². The Bertz CT molecular complexity index is 2670. The molecule has 5 rings (SSSR count). The number of primary amides is 1. The van der Waals surface area contributed by atoms with E-state index in [2.05, 4.69) is 58.0 Å². The first-order valence-corrected chi connectivity index (χ1v) is 21.6. The van der Waals surface area contributed by atoms with E-state index in [1.54, 1.807) is 6.92 Å². The molecule has 4 N–H and O–H groups in total. The van der Waals surface area contributed by atoms with E-state index in [1.807, 2.05) is 12.1 Å². The number of nitro groups is 1. The Hall–Kier alpha value is -6.04. The largest absolute Gasteiger partial charge is 0.497 e. The molecular formula is C43H48Cl2N6O10S. The molecule has 5 aromatic rings. The molecule has 0 aliphatic rings. The van der Waals surface area contributed by atoms with E-state index in [0.29, 0.717) is 5.75 Å². The monoisotopic (exact) mass is 910 g/mol. The first kappa shape index (κ1) is 47.0. The lowest BCUT2D eigenvalue weighted by Crippen LogP contribution is -2.34. The number of amides is 3. The summed E-state index contributed by atoms with van der Waals surface area (Å²) in [5, 5.41) is 16.7. The number of nitrogens with zero attached hydrogens (tertiary/aromatic N) is 3. The van der Waals surface area contributed by atoms with Crippen LogP contribution in [-0.4, -0.2) is 48.3 Å². The van der Waals surface area contributed by atoms with Crippen LogP contribution in [0.1, 0.15) is 78.9 Å². The number of anilines is 3. The fourth-order valence-corrected chi connectivity index (χ4v) is 7.96. The van der Waals surface area contributed by atoms with Crippen molar-refractivity contribution in [1.29, 1.82) is 0 Å². The number of aromatic amines is 1. The van der Waals surface area contributed by atoms with Gasteiger partial charge in [0.05, 0.1) is 27.8 Å². The normalized spacial score (nSPS) is 12.4. The van der Waals surface area contributed by atoms with Gasteiger partial charge in [0, 0.05) is 35.5 Å². The minimum atomic E-state index is -5.02. The molecule has 0 bridgehead atoms. The maximum Gasteiger partial charge on any atom is 0.339 e. The second-order valence-electron chi connectivity index (χ2n) is 15.6. The van der Waals surface area contributed by atoms with Gasteiger partial charge in [-0.05, 0) is 66.0 Å². The summed E-state index contributed by atoms with van der Waals surface area (Å²) in [6.45, 7) is 14.6. The summed E-state index contributed by atoms with van der Waals surface area (Å²) in [5.74, 6) is -1.32. The van der Waals surface area contributed by atoms with Crippen molar-refractivity contribution in [2.75, 3.05) is 17.3 Å². The second kappa shape index (κ2) is 18.5. The van der Waals surface area contributed by atoms with E-state index in [-0.39, 0.29) is 50.1 Å². The van der Waals surface area contributed by atoms with Crippen molar-refractivity contribution < 1.29 is 36.6 Å². The van der Waals surface area contributed by atoms with Crippen molar-refractivity contribution in [2.45, 2.75) is 89.6 Å². The van der Waals surface area contributed by atoms with Crippen LogP contribution in [0.5, 0.6) is 17.2 Å². The number of urea groups is 1. The first-order valence-electron chi connectivity index (χ1n) is 19.5. The van der Waals surface area contributed by atoms with Gasteiger partial charge in [-0.25, -0.2) is 14.4 Å².